The van der Waals surface area contributed by atoms with Gasteiger partial charge in [0.2, 0.25) is 0 Å². The smallest absolute Gasteiger partial charge is 0.356 e. The number of aromatic nitrogens is 2. The zero-order chi connectivity index (χ0) is 16.6. The molecule has 1 aliphatic heterocycles. The van der Waals surface area contributed by atoms with E-state index in [1.807, 2.05) is 0 Å². The van der Waals surface area contributed by atoms with Crippen LogP contribution in [0.4, 0.5) is 0 Å². The second-order valence-electron chi connectivity index (χ2n) is 5.45. The lowest BCUT2D eigenvalue weighted by Crippen LogP contribution is -2.14. The normalized spacial score (nSPS) is 19.6. The monoisotopic (exact) mass is 336 g/mol. The van der Waals surface area contributed by atoms with Crippen molar-refractivity contribution >= 4 is 15.8 Å². The second kappa shape index (κ2) is 5.69. The number of hydrogen-bond acceptors (Lipinski definition) is 5. The molecule has 0 saturated carbocycles. The largest absolute Gasteiger partial charge is 0.497 e. The van der Waals surface area contributed by atoms with Gasteiger partial charge in [0.1, 0.15) is 5.75 Å². The molecule has 1 N–H and O–H groups in total. The van der Waals surface area contributed by atoms with Gasteiger partial charge in [0.25, 0.3) is 0 Å². The molecule has 2 heterocycles. The van der Waals surface area contributed by atoms with Crippen LogP contribution in [0.25, 0.3) is 11.3 Å². The fourth-order valence-corrected chi connectivity index (χ4v) is 4.41. The quantitative estimate of drug-likeness (QED) is 0.911. The third kappa shape index (κ3) is 3.07. The number of hydrogen-bond donors (Lipinski definition) is 1. The van der Waals surface area contributed by atoms with Crippen LogP contribution in [0, 0.1) is 0 Å². The van der Waals surface area contributed by atoms with E-state index in [0.717, 1.165) is 5.56 Å². The van der Waals surface area contributed by atoms with Gasteiger partial charge in [0.05, 0.1) is 30.4 Å². The number of rotatable bonds is 4. The molecule has 0 bridgehead atoms. The molecule has 1 atom stereocenters. The average molecular weight is 336 g/mol. The highest BCUT2D eigenvalue weighted by Gasteiger charge is 2.32. The minimum atomic E-state index is -3.09. The molecule has 1 aromatic carbocycles. The fraction of sp³-hybridized carbons (Fsp3) is 0.333. The molecule has 0 spiro atoms. The van der Waals surface area contributed by atoms with Crippen molar-refractivity contribution in [3.63, 3.8) is 0 Å². The number of carboxylic acids is 1. The van der Waals surface area contributed by atoms with Gasteiger partial charge in [-0.1, -0.05) is 0 Å². The Morgan fingerprint density at radius 2 is 2.04 bits per heavy atom. The van der Waals surface area contributed by atoms with Gasteiger partial charge >= 0.3 is 5.97 Å². The van der Waals surface area contributed by atoms with Crippen molar-refractivity contribution in [2.45, 2.75) is 12.5 Å². The zero-order valence-electron chi connectivity index (χ0n) is 12.5. The van der Waals surface area contributed by atoms with Crippen molar-refractivity contribution in [3.8, 4) is 17.0 Å². The first-order valence-electron chi connectivity index (χ1n) is 7.07. The number of sulfone groups is 1. The van der Waals surface area contributed by atoms with E-state index in [1.165, 1.54) is 10.7 Å². The summed E-state index contributed by atoms with van der Waals surface area (Å²) in [7, 11) is -1.53. The number of benzene rings is 1. The van der Waals surface area contributed by atoms with Crippen LogP contribution < -0.4 is 4.74 Å². The van der Waals surface area contributed by atoms with Crippen molar-refractivity contribution in [3.05, 3.63) is 36.0 Å². The molecule has 0 amide bonds. The van der Waals surface area contributed by atoms with Gasteiger partial charge in [-0.05, 0) is 36.8 Å². The van der Waals surface area contributed by atoms with Crippen molar-refractivity contribution in [1.82, 2.24) is 9.78 Å². The Bertz CT molecular complexity index is 839. The van der Waals surface area contributed by atoms with Crippen molar-refractivity contribution < 1.29 is 23.1 Å². The summed E-state index contributed by atoms with van der Waals surface area (Å²) >= 11 is 0. The first-order chi connectivity index (χ1) is 10.9. The summed E-state index contributed by atoms with van der Waals surface area (Å²) in [5.74, 6) is -0.375. The molecule has 122 valence electrons. The van der Waals surface area contributed by atoms with E-state index >= 15 is 0 Å². The molecule has 23 heavy (non-hydrogen) atoms. The maximum absolute atomic E-state index is 11.7. The standard InChI is InChI=1S/C15H16N2O5S/c1-22-12-4-2-10(3-5-12)14-8-13(15(18)19)16-17(14)11-6-7-23(20,21)9-11/h2-5,8,11H,6-7,9H2,1H3,(H,18,19). The molecule has 8 heteroatoms. The van der Waals surface area contributed by atoms with Crippen LogP contribution in [0.15, 0.2) is 30.3 Å². The lowest BCUT2D eigenvalue weighted by Gasteiger charge is -2.13. The lowest BCUT2D eigenvalue weighted by atomic mass is 10.1. The highest BCUT2D eigenvalue weighted by atomic mass is 32.2. The summed E-state index contributed by atoms with van der Waals surface area (Å²) in [6.07, 6.45) is 0.437. The number of ether oxygens (including phenoxy) is 1. The van der Waals surface area contributed by atoms with Gasteiger partial charge in [0, 0.05) is 5.56 Å². The summed E-state index contributed by atoms with van der Waals surface area (Å²) in [4.78, 5) is 11.2. The second-order valence-corrected chi connectivity index (χ2v) is 7.68. The minimum Gasteiger partial charge on any atom is -0.497 e. The Balaban J connectivity index is 2.05. The molecular weight excluding hydrogens is 320 g/mol. The van der Waals surface area contributed by atoms with Crippen LogP contribution in [0.2, 0.25) is 0 Å². The molecular formula is C15H16N2O5S. The summed E-state index contributed by atoms with van der Waals surface area (Å²) in [6.45, 7) is 0. The number of methoxy groups -OCH3 is 1. The van der Waals surface area contributed by atoms with Gasteiger partial charge < -0.3 is 9.84 Å². The fourth-order valence-electron chi connectivity index (χ4n) is 2.72. The first-order valence-corrected chi connectivity index (χ1v) is 8.89. The Morgan fingerprint density at radius 1 is 1.35 bits per heavy atom. The predicted octanol–water partition coefficient (Wildman–Crippen LogP) is 1.62. The van der Waals surface area contributed by atoms with E-state index in [0.29, 0.717) is 17.9 Å². The minimum absolute atomic E-state index is 0.0170. The van der Waals surface area contributed by atoms with Gasteiger partial charge in [-0.15, -0.1) is 0 Å². The van der Waals surface area contributed by atoms with Crippen LogP contribution in [-0.4, -0.2) is 47.9 Å². The summed E-state index contributed by atoms with van der Waals surface area (Å²) in [5.41, 5.74) is 1.25. The first kappa shape index (κ1) is 15.5. The number of aromatic carboxylic acids is 1. The van der Waals surface area contributed by atoms with Crippen LogP contribution in [0.3, 0.4) is 0 Å². The average Bonchev–Trinajstić information content (AvgIpc) is 3.11. The Kier molecular flexibility index (Phi) is 3.85. The predicted molar refractivity (Wildman–Crippen MR) is 83.5 cm³/mol. The lowest BCUT2D eigenvalue weighted by molar-refractivity contribution is 0.0689. The number of nitrogens with zero attached hydrogens (tertiary/aromatic N) is 2. The molecule has 1 unspecified atom stereocenters. The third-order valence-corrected chi connectivity index (χ3v) is 5.65. The molecule has 1 saturated heterocycles. The summed E-state index contributed by atoms with van der Waals surface area (Å²) in [6, 6.07) is 8.24. The SMILES string of the molecule is COc1ccc(-c2cc(C(=O)O)nn2C2CCS(=O)(=O)C2)cc1. The summed E-state index contributed by atoms with van der Waals surface area (Å²) < 4.78 is 30.1. The molecule has 2 aromatic rings. The topological polar surface area (TPSA) is 98.5 Å². The van der Waals surface area contributed by atoms with E-state index in [2.05, 4.69) is 5.10 Å². The Hall–Kier alpha value is -2.35. The van der Waals surface area contributed by atoms with Crippen LogP contribution in [0.1, 0.15) is 23.0 Å². The van der Waals surface area contributed by atoms with Gasteiger partial charge in [-0.25, -0.2) is 13.2 Å². The van der Waals surface area contributed by atoms with E-state index in [4.69, 9.17) is 4.74 Å². The molecule has 7 nitrogen and oxygen atoms in total. The maximum atomic E-state index is 11.7. The van der Waals surface area contributed by atoms with Crippen molar-refractivity contribution in [2.24, 2.45) is 0 Å². The Morgan fingerprint density at radius 3 is 2.57 bits per heavy atom. The van der Waals surface area contributed by atoms with E-state index in [9.17, 15) is 18.3 Å². The van der Waals surface area contributed by atoms with Crippen molar-refractivity contribution in [2.75, 3.05) is 18.6 Å². The Labute approximate surface area is 133 Å². The number of carboxylic acid groups (broad SMARTS) is 1. The van der Waals surface area contributed by atoms with E-state index in [1.54, 1.807) is 31.4 Å². The van der Waals surface area contributed by atoms with Crippen molar-refractivity contribution in [1.29, 1.82) is 0 Å². The van der Waals surface area contributed by atoms with Gasteiger partial charge in [-0.3, -0.25) is 4.68 Å². The molecule has 1 fully saturated rings. The highest BCUT2D eigenvalue weighted by molar-refractivity contribution is 7.91. The van der Waals surface area contributed by atoms with Gasteiger partial charge in [-0.2, -0.15) is 5.10 Å². The van der Waals surface area contributed by atoms with Gasteiger partial charge in [0.15, 0.2) is 15.5 Å². The summed E-state index contributed by atoms with van der Waals surface area (Å²) in [5, 5.41) is 13.3. The highest BCUT2D eigenvalue weighted by Crippen LogP contribution is 2.30. The van der Waals surface area contributed by atoms with E-state index in [-0.39, 0.29) is 23.2 Å². The van der Waals surface area contributed by atoms with Crippen LogP contribution in [-0.2, 0) is 9.84 Å². The van der Waals surface area contributed by atoms with E-state index < -0.39 is 15.8 Å². The molecule has 1 aliphatic rings. The van der Waals surface area contributed by atoms with Crippen LogP contribution >= 0.6 is 0 Å². The molecule has 0 aliphatic carbocycles. The number of carbonyl (C=O) groups is 1. The molecule has 0 radical (unpaired) electrons. The molecule has 3 rings (SSSR count). The maximum Gasteiger partial charge on any atom is 0.356 e. The third-order valence-electron chi connectivity index (χ3n) is 3.89. The van der Waals surface area contributed by atoms with Crippen LogP contribution in [0.5, 0.6) is 5.75 Å². The zero-order valence-corrected chi connectivity index (χ0v) is 13.3. The molecule has 1 aromatic heterocycles.